The van der Waals surface area contributed by atoms with E-state index < -0.39 is 53.5 Å². The highest BCUT2D eigenvalue weighted by Crippen LogP contribution is 2.51. The third-order valence-electron chi connectivity index (χ3n) is 4.70. The van der Waals surface area contributed by atoms with Crippen LogP contribution in [0, 0.1) is 0 Å². The number of nitrogens with zero attached hydrogens (tertiary/aromatic N) is 1. The summed E-state index contributed by atoms with van der Waals surface area (Å²) in [5.41, 5.74) is -2.51. The van der Waals surface area contributed by atoms with Gasteiger partial charge in [0, 0.05) is 17.3 Å². The van der Waals surface area contributed by atoms with Crippen molar-refractivity contribution in [3.05, 3.63) is 28.6 Å². The zero-order chi connectivity index (χ0) is 16.9. The van der Waals surface area contributed by atoms with Gasteiger partial charge in [0.15, 0.2) is 18.0 Å². The summed E-state index contributed by atoms with van der Waals surface area (Å²) >= 11 is 0. The number of aliphatic hydroxyl groups excluding tert-OH is 2. The number of fused-ring (bicyclic) bond motifs is 1. The summed E-state index contributed by atoms with van der Waals surface area (Å²) in [7, 11) is 0. The van der Waals surface area contributed by atoms with E-state index in [1.54, 1.807) is 0 Å². The van der Waals surface area contributed by atoms with Gasteiger partial charge in [-0.05, 0) is 30.7 Å². The molecule has 2 N–H and O–H groups in total. The first-order valence-electron chi connectivity index (χ1n) is 7.46. The summed E-state index contributed by atoms with van der Waals surface area (Å²) < 4.78 is 67.2. The Hall–Kier alpha value is -1.28. The summed E-state index contributed by atoms with van der Waals surface area (Å²) in [4.78, 5) is 3.34. The van der Waals surface area contributed by atoms with E-state index >= 15 is 0 Å². The zero-order valence-corrected chi connectivity index (χ0v) is 12.0. The smallest absolute Gasteiger partial charge is 0.393 e. The highest BCUT2D eigenvalue weighted by atomic mass is 19.4. The van der Waals surface area contributed by atoms with Crippen LogP contribution in [-0.2, 0) is 6.18 Å². The van der Waals surface area contributed by atoms with E-state index in [-0.39, 0.29) is 12.0 Å². The number of alkyl halides is 5. The molecule has 0 aromatic carbocycles. The van der Waals surface area contributed by atoms with Crippen molar-refractivity contribution in [1.82, 2.24) is 4.98 Å². The topological polar surface area (TPSA) is 53.4 Å². The Morgan fingerprint density at radius 2 is 1.78 bits per heavy atom. The summed E-state index contributed by atoms with van der Waals surface area (Å²) in [5.74, 6) is -0.391. The molecule has 128 valence electrons. The molecule has 1 aromatic heterocycles. The van der Waals surface area contributed by atoms with Gasteiger partial charge >= 0.3 is 6.18 Å². The fraction of sp³-hybridized carbons (Fsp3) is 0.667. The minimum absolute atomic E-state index is 0.165. The summed E-state index contributed by atoms with van der Waals surface area (Å²) in [6, 6.07) is 0. The molecule has 1 saturated carbocycles. The largest absolute Gasteiger partial charge is 0.433 e. The predicted octanol–water partition coefficient (Wildman–Crippen LogP) is 3.51. The van der Waals surface area contributed by atoms with Crippen LogP contribution in [0.3, 0.4) is 0 Å². The molecule has 2 aliphatic rings. The second kappa shape index (κ2) is 5.66. The lowest BCUT2D eigenvalue weighted by molar-refractivity contribution is -0.143. The van der Waals surface area contributed by atoms with Gasteiger partial charge in [-0.15, -0.1) is 0 Å². The molecule has 23 heavy (non-hydrogen) atoms. The van der Waals surface area contributed by atoms with Gasteiger partial charge in [-0.25, -0.2) is 8.78 Å². The van der Waals surface area contributed by atoms with E-state index in [1.165, 1.54) is 0 Å². The summed E-state index contributed by atoms with van der Waals surface area (Å²) in [6.45, 7) is 0. The maximum atomic E-state index is 14.2. The lowest BCUT2D eigenvalue weighted by Crippen LogP contribution is -2.21. The monoisotopic (exact) mass is 337 g/mol. The molecule has 2 unspecified atom stereocenters. The average molecular weight is 337 g/mol. The Bertz CT molecular complexity index is 606. The fourth-order valence-electron chi connectivity index (χ4n) is 3.64. The number of hydrogen-bond donors (Lipinski definition) is 2. The lowest BCUT2D eigenvalue weighted by Gasteiger charge is -2.28. The molecule has 1 aromatic rings. The van der Waals surface area contributed by atoms with E-state index in [2.05, 4.69) is 4.98 Å². The van der Waals surface area contributed by atoms with Crippen molar-refractivity contribution in [3.63, 3.8) is 0 Å². The molecule has 1 heterocycles. The Kier molecular flexibility index (Phi) is 4.08. The van der Waals surface area contributed by atoms with Gasteiger partial charge in [0.2, 0.25) is 0 Å². The van der Waals surface area contributed by atoms with Crippen molar-refractivity contribution in [1.29, 1.82) is 0 Å². The minimum atomic E-state index is -4.90. The third-order valence-corrected chi connectivity index (χ3v) is 4.70. The van der Waals surface area contributed by atoms with Crippen LogP contribution < -0.4 is 0 Å². The van der Waals surface area contributed by atoms with Crippen molar-refractivity contribution >= 4 is 0 Å². The molecule has 0 amide bonds. The molecule has 3 nitrogen and oxygen atoms in total. The van der Waals surface area contributed by atoms with Crippen LogP contribution >= 0.6 is 0 Å². The third kappa shape index (κ3) is 2.71. The normalized spacial score (nSPS) is 34.5. The molecule has 3 rings (SSSR count). The van der Waals surface area contributed by atoms with Crippen LogP contribution in [0.25, 0.3) is 0 Å². The van der Waals surface area contributed by atoms with E-state index in [0.29, 0.717) is 19.3 Å². The summed E-state index contributed by atoms with van der Waals surface area (Å²) in [6.07, 6.45) is -9.53. The highest BCUT2D eigenvalue weighted by molar-refractivity contribution is 5.47. The van der Waals surface area contributed by atoms with Gasteiger partial charge in [0.25, 0.3) is 0 Å². The van der Waals surface area contributed by atoms with Crippen molar-refractivity contribution in [3.8, 4) is 0 Å². The van der Waals surface area contributed by atoms with Gasteiger partial charge < -0.3 is 10.2 Å². The molecule has 0 aliphatic heterocycles. The Morgan fingerprint density at radius 1 is 1.09 bits per heavy atom. The van der Waals surface area contributed by atoms with Crippen LogP contribution in [0.15, 0.2) is 6.20 Å². The number of halogens is 5. The summed E-state index contributed by atoms with van der Waals surface area (Å²) in [5, 5.41) is 19.5. The van der Waals surface area contributed by atoms with Crippen LogP contribution in [0.5, 0.6) is 0 Å². The van der Waals surface area contributed by atoms with Crippen LogP contribution in [0.1, 0.15) is 66.3 Å². The van der Waals surface area contributed by atoms with Crippen LogP contribution in [0.4, 0.5) is 22.0 Å². The van der Waals surface area contributed by atoms with E-state index in [4.69, 9.17) is 0 Å². The van der Waals surface area contributed by atoms with Crippen LogP contribution in [-0.4, -0.2) is 27.5 Å². The van der Waals surface area contributed by atoms with E-state index in [1.807, 2.05) is 0 Å². The number of rotatable bonds is 1. The predicted molar refractivity (Wildman–Crippen MR) is 70.2 cm³/mol. The lowest BCUT2D eigenvalue weighted by atomic mass is 9.80. The number of hydrogen-bond acceptors (Lipinski definition) is 3. The van der Waals surface area contributed by atoms with Gasteiger partial charge in [0.1, 0.15) is 6.10 Å². The van der Waals surface area contributed by atoms with Crippen molar-refractivity contribution < 1.29 is 32.2 Å². The molecule has 8 heteroatoms. The Balaban J connectivity index is 2.14. The zero-order valence-electron chi connectivity index (χ0n) is 12.0. The van der Waals surface area contributed by atoms with Crippen molar-refractivity contribution in [2.45, 2.75) is 62.3 Å². The van der Waals surface area contributed by atoms with Gasteiger partial charge in [-0.1, -0.05) is 6.42 Å². The maximum Gasteiger partial charge on any atom is 0.433 e. The van der Waals surface area contributed by atoms with Gasteiger partial charge in [-0.3, -0.25) is 4.98 Å². The molecule has 0 saturated heterocycles. The van der Waals surface area contributed by atoms with Crippen molar-refractivity contribution in [2.24, 2.45) is 0 Å². The van der Waals surface area contributed by atoms with E-state index in [0.717, 1.165) is 6.20 Å². The second-order valence-corrected chi connectivity index (χ2v) is 6.20. The SMILES string of the molecule is OC1CCCC(c2cnc(C(F)(F)F)c3c2[C@@H](F)[C@@H](F)[C@H]3O)C1. The standard InChI is InChI=1S/C15H16F5NO2/c16-11-9-8(6-2-1-3-7(22)4-6)5-21-14(15(18,19)20)10(9)13(23)12(11)17/h5-7,11-13,22-23H,1-4H2/t6?,7?,11-,12-,13+/m1/s1. The van der Waals surface area contributed by atoms with Gasteiger partial charge in [0.05, 0.1) is 6.10 Å². The van der Waals surface area contributed by atoms with Gasteiger partial charge in [-0.2, -0.15) is 13.2 Å². The van der Waals surface area contributed by atoms with E-state index in [9.17, 15) is 32.2 Å². The molecular formula is C15H16F5NO2. The fourth-order valence-corrected chi connectivity index (χ4v) is 3.64. The first kappa shape index (κ1) is 16.6. The first-order valence-corrected chi connectivity index (χ1v) is 7.46. The quantitative estimate of drug-likeness (QED) is 0.771. The molecule has 5 atom stereocenters. The molecule has 1 fully saturated rings. The molecule has 0 spiro atoms. The maximum absolute atomic E-state index is 14.2. The van der Waals surface area contributed by atoms with Crippen molar-refractivity contribution in [2.75, 3.05) is 0 Å². The minimum Gasteiger partial charge on any atom is -0.393 e. The number of aliphatic hydroxyl groups is 2. The average Bonchev–Trinajstić information content (AvgIpc) is 2.71. The highest BCUT2D eigenvalue weighted by Gasteiger charge is 2.50. The second-order valence-electron chi connectivity index (χ2n) is 6.20. The molecule has 0 bridgehead atoms. The van der Waals surface area contributed by atoms with Crippen LogP contribution in [0.2, 0.25) is 0 Å². The Morgan fingerprint density at radius 3 is 2.39 bits per heavy atom. The first-order chi connectivity index (χ1) is 10.7. The number of aromatic nitrogens is 1. The molecule has 2 aliphatic carbocycles. The Labute approximate surface area is 129 Å². The number of pyridine rings is 1. The molecular weight excluding hydrogens is 321 g/mol. The molecule has 0 radical (unpaired) electrons.